The van der Waals surface area contributed by atoms with E-state index in [1.807, 2.05) is 37.4 Å². The Morgan fingerprint density at radius 3 is 2.73 bits per heavy atom. The summed E-state index contributed by atoms with van der Waals surface area (Å²) in [5, 5.41) is 3.64. The third kappa shape index (κ3) is 3.62. The number of imidazole rings is 1. The SMILES string of the molecule is CNSc1cnc(NC2CCCCC2)c(-c2cn(C)cn2)c1. The summed E-state index contributed by atoms with van der Waals surface area (Å²) in [5.74, 6) is 0.950. The zero-order valence-corrected chi connectivity index (χ0v) is 14.0. The number of pyridine rings is 1. The maximum atomic E-state index is 4.66. The number of nitrogens with one attached hydrogen (secondary N) is 2. The van der Waals surface area contributed by atoms with Crippen molar-refractivity contribution in [3.05, 3.63) is 24.8 Å². The second-order valence-corrected chi connectivity index (χ2v) is 6.86. The molecule has 0 amide bonds. The van der Waals surface area contributed by atoms with Gasteiger partial charge < -0.3 is 9.88 Å². The van der Waals surface area contributed by atoms with Gasteiger partial charge in [0.1, 0.15) is 5.82 Å². The largest absolute Gasteiger partial charge is 0.367 e. The second kappa shape index (κ2) is 7.15. The molecule has 2 heterocycles. The molecule has 0 aliphatic heterocycles. The van der Waals surface area contributed by atoms with Gasteiger partial charge in [-0.2, -0.15) is 0 Å². The van der Waals surface area contributed by atoms with E-state index in [-0.39, 0.29) is 0 Å². The molecule has 5 nitrogen and oxygen atoms in total. The highest BCUT2D eigenvalue weighted by Crippen LogP contribution is 2.30. The molecule has 118 valence electrons. The predicted octanol–water partition coefficient (Wildman–Crippen LogP) is 3.45. The molecular weight excluding hydrogens is 294 g/mol. The smallest absolute Gasteiger partial charge is 0.135 e. The standard InChI is InChI=1S/C16H23N5S/c1-17-22-13-8-14(15-10-21(2)11-19-15)16(18-9-13)20-12-6-4-3-5-7-12/h8-12,17H,3-7H2,1-2H3,(H,18,20). The predicted molar refractivity (Wildman–Crippen MR) is 91.9 cm³/mol. The average molecular weight is 317 g/mol. The van der Waals surface area contributed by atoms with E-state index >= 15 is 0 Å². The Labute approximate surface area is 136 Å². The van der Waals surface area contributed by atoms with E-state index in [2.05, 4.69) is 26.1 Å². The number of rotatable bonds is 5. The van der Waals surface area contributed by atoms with Crippen LogP contribution < -0.4 is 10.0 Å². The first-order valence-electron chi connectivity index (χ1n) is 7.85. The summed E-state index contributed by atoms with van der Waals surface area (Å²) in [5.41, 5.74) is 2.04. The van der Waals surface area contributed by atoms with Crippen LogP contribution in [0.15, 0.2) is 29.7 Å². The van der Waals surface area contributed by atoms with Crippen LogP contribution >= 0.6 is 11.9 Å². The lowest BCUT2D eigenvalue weighted by atomic mass is 9.95. The first kappa shape index (κ1) is 15.4. The minimum atomic E-state index is 0.534. The van der Waals surface area contributed by atoms with Gasteiger partial charge in [-0.15, -0.1) is 0 Å². The van der Waals surface area contributed by atoms with Crippen LogP contribution in [0.5, 0.6) is 0 Å². The van der Waals surface area contributed by atoms with E-state index in [9.17, 15) is 0 Å². The van der Waals surface area contributed by atoms with Gasteiger partial charge in [0.15, 0.2) is 0 Å². The van der Waals surface area contributed by atoms with Gasteiger partial charge >= 0.3 is 0 Å². The molecule has 1 aliphatic carbocycles. The lowest BCUT2D eigenvalue weighted by Gasteiger charge is -2.24. The Morgan fingerprint density at radius 2 is 2.05 bits per heavy atom. The normalized spacial score (nSPS) is 15.9. The molecule has 1 saturated carbocycles. The quantitative estimate of drug-likeness (QED) is 0.827. The van der Waals surface area contributed by atoms with Gasteiger partial charge in [-0.05, 0) is 37.9 Å². The van der Waals surface area contributed by atoms with Gasteiger partial charge in [0.2, 0.25) is 0 Å². The molecular formula is C16H23N5S. The van der Waals surface area contributed by atoms with Crippen molar-refractivity contribution in [3.8, 4) is 11.3 Å². The molecule has 0 radical (unpaired) electrons. The number of nitrogens with zero attached hydrogens (tertiary/aromatic N) is 3. The third-order valence-corrected chi connectivity index (χ3v) is 4.67. The fourth-order valence-electron chi connectivity index (χ4n) is 2.92. The average Bonchev–Trinajstić information content (AvgIpc) is 2.96. The minimum Gasteiger partial charge on any atom is -0.367 e. The molecule has 2 aromatic rings. The molecule has 1 fully saturated rings. The van der Waals surface area contributed by atoms with E-state index in [0.717, 1.165) is 22.0 Å². The van der Waals surface area contributed by atoms with Gasteiger partial charge in [0.05, 0.1) is 12.0 Å². The molecule has 2 aromatic heterocycles. The highest BCUT2D eigenvalue weighted by Gasteiger charge is 2.17. The molecule has 0 unspecified atom stereocenters. The lowest BCUT2D eigenvalue weighted by Crippen LogP contribution is -2.23. The fraction of sp³-hybridized carbons (Fsp3) is 0.500. The van der Waals surface area contributed by atoms with E-state index in [0.29, 0.717) is 6.04 Å². The van der Waals surface area contributed by atoms with Crippen molar-refractivity contribution in [2.75, 3.05) is 12.4 Å². The van der Waals surface area contributed by atoms with E-state index in [1.54, 1.807) is 11.9 Å². The van der Waals surface area contributed by atoms with Crippen molar-refractivity contribution >= 4 is 17.8 Å². The van der Waals surface area contributed by atoms with Crippen LogP contribution in [0, 0.1) is 0 Å². The zero-order valence-electron chi connectivity index (χ0n) is 13.2. The van der Waals surface area contributed by atoms with Crippen LogP contribution in [-0.2, 0) is 7.05 Å². The van der Waals surface area contributed by atoms with E-state index < -0.39 is 0 Å². The molecule has 0 spiro atoms. The first-order chi connectivity index (χ1) is 10.8. The molecule has 1 aliphatic rings. The summed E-state index contributed by atoms with van der Waals surface area (Å²) >= 11 is 1.57. The summed E-state index contributed by atoms with van der Waals surface area (Å²) < 4.78 is 5.07. The number of anilines is 1. The van der Waals surface area contributed by atoms with Crippen LogP contribution in [0.25, 0.3) is 11.3 Å². The van der Waals surface area contributed by atoms with Crippen molar-refractivity contribution < 1.29 is 0 Å². The van der Waals surface area contributed by atoms with Gasteiger partial charge in [-0.25, -0.2) is 9.97 Å². The summed E-state index contributed by atoms with van der Waals surface area (Å²) in [6.45, 7) is 0. The van der Waals surface area contributed by atoms with Crippen molar-refractivity contribution in [2.24, 2.45) is 7.05 Å². The van der Waals surface area contributed by atoms with E-state index in [4.69, 9.17) is 0 Å². The Balaban J connectivity index is 1.89. The topological polar surface area (TPSA) is 54.8 Å². The highest BCUT2D eigenvalue weighted by atomic mass is 32.2. The maximum absolute atomic E-state index is 4.66. The molecule has 0 saturated heterocycles. The molecule has 2 N–H and O–H groups in total. The van der Waals surface area contributed by atoms with Crippen LogP contribution in [0.4, 0.5) is 5.82 Å². The zero-order chi connectivity index (χ0) is 15.4. The second-order valence-electron chi connectivity index (χ2n) is 5.78. The van der Waals surface area contributed by atoms with E-state index in [1.165, 1.54) is 32.1 Å². The number of hydrogen-bond donors (Lipinski definition) is 2. The molecule has 0 aromatic carbocycles. The summed E-state index contributed by atoms with van der Waals surface area (Å²) in [4.78, 5) is 10.2. The molecule has 0 bridgehead atoms. The molecule has 0 atom stereocenters. The van der Waals surface area contributed by atoms with Crippen LogP contribution in [0.2, 0.25) is 0 Å². The van der Waals surface area contributed by atoms with Crippen molar-refractivity contribution in [1.29, 1.82) is 0 Å². The van der Waals surface area contributed by atoms with Gasteiger partial charge in [-0.3, -0.25) is 4.72 Å². The first-order valence-corrected chi connectivity index (χ1v) is 8.66. The monoisotopic (exact) mass is 317 g/mol. The Bertz CT molecular complexity index is 619. The Hall–Kier alpha value is -1.53. The van der Waals surface area contributed by atoms with Crippen LogP contribution in [0.1, 0.15) is 32.1 Å². The summed E-state index contributed by atoms with van der Waals surface area (Å²) in [7, 11) is 3.91. The van der Waals surface area contributed by atoms with Gasteiger partial charge in [0.25, 0.3) is 0 Å². The highest BCUT2D eigenvalue weighted by molar-refractivity contribution is 7.97. The summed E-state index contributed by atoms with van der Waals surface area (Å²) in [6.07, 6.45) is 12.2. The maximum Gasteiger partial charge on any atom is 0.135 e. The van der Waals surface area contributed by atoms with Crippen molar-refractivity contribution in [2.45, 2.75) is 43.0 Å². The Kier molecular flexibility index (Phi) is 5.00. The van der Waals surface area contributed by atoms with Crippen molar-refractivity contribution in [1.82, 2.24) is 19.3 Å². The summed E-state index contributed by atoms with van der Waals surface area (Å²) in [6, 6.07) is 2.69. The Morgan fingerprint density at radius 1 is 1.23 bits per heavy atom. The van der Waals surface area contributed by atoms with Crippen LogP contribution in [-0.4, -0.2) is 27.6 Å². The van der Waals surface area contributed by atoms with Gasteiger partial charge in [0, 0.05) is 35.9 Å². The molecule has 3 rings (SSSR count). The molecule has 6 heteroatoms. The fourth-order valence-corrected chi connectivity index (χ4v) is 3.44. The van der Waals surface area contributed by atoms with Crippen molar-refractivity contribution in [3.63, 3.8) is 0 Å². The third-order valence-electron chi connectivity index (χ3n) is 4.01. The minimum absolute atomic E-state index is 0.534. The molecule has 22 heavy (non-hydrogen) atoms. The number of aromatic nitrogens is 3. The number of hydrogen-bond acceptors (Lipinski definition) is 5. The number of aryl methyl sites for hydroxylation is 1. The van der Waals surface area contributed by atoms with Gasteiger partial charge in [-0.1, -0.05) is 19.3 Å². The lowest BCUT2D eigenvalue weighted by molar-refractivity contribution is 0.462. The van der Waals surface area contributed by atoms with Crippen LogP contribution in [0.3, 0.4) is 0 Å².